The summed E-state index contributed by atoms with van der Waals surface area (Å²) in [7, 11) is 0. The SMILES string of the molecule is O=C(CN1CC[C@@H](c2ccccc2F)C1)NC[C@H]1CCCO1. The number of hydrogen-bond donors (Lipinski definition) is 1. The van der Waals surface area contributed by atoms with Gasteiger partial charge in [0.25, 0.3) is 0 Å². The van der Waals surface area contributed by atoms with Gasteiger partial charge in [-0.05, 0) is 37.4 Å². The molecule has 5 heteroatoms. The number of carbonyl (C=O) groups is 1. The van der Waals surface area contributed by atoms with Gasteiger partial charge in [-0.3, -0.25) is 9.69 Å². The normalized spacial score (nSPS) is 25.5. The maximum atomic E-state index is 13.8. The largest absolute Gasteiger partial charge is 0.376 e. The number of rotatable bonds is 5. The van der Waals surface area contributed by atoms with Crippen LogP contribution < -0.4 is 5.32 Å². The average molecular weight is 306 g/mol. The van der Waals surface area contributed by atoms with Crippen molar-refractivity contribution in [3.63, 3.8) is 0 Å². The number of hydrogen-bond acceptors (Lipinski definition) is 3. The summed E-state index contributed by atoms with van der Waals surface area (Å²) in [5.41, 5.74) is 0.768. The average Bonchev–Trinajstić information content (AvgIpc) is 3.17. The van der Waals surface area contributed by atoms with Crippen LogP contribution in [0.3, 0.4) is 0 Å². The molecule has 1 aromatic rings. The Morgan fingerprint density at radius 3 is 3.00 bits per heavy atom. The third-order valence-corrected chi connectivity index (χ3v) is 4.54. The van der Waals surface area contributed by atoms with E-state index in [2.05, 4.69) is 10.2 Å². The van der Waals surface area contributed by atoms with Crippen LogP contribution in [0.4, 0.5) is 4.39 Å². The summed E-state index contributed by atoms with van der Waals surface area (Å²) in [6.07, 6.45) is 3.18. The number of ether oxygens (including phenoxy) is 1. The molecular weight excluding hydrogens is 283 g/mol. The molecule has 2 atom stereocenters. The molecule has 0 spiro atoms. The van der Waals surface area contributed by atoms with Crippen LogP contribution in [0.5, 0.6) is 0 Å². The van der Waals surface area contributed by atoms with Crippen LogP contribution in [0.1, 0.15) is 30.7 Å². The Morgan fingerprint density at radius 2 is 2.23 bits per heavy atom. The Bertz CT molecular complexity index is 517. The highest BCUT2D eigenvalue weighted by molar-refractivity contribution is 5.78. The first kappa shape index (κ1) is 15.4. The number of carbonyl (C=O) groups excluding carboxylic acids is 1. The second kappa shape index (κ2) is 7.20. The third kappa shape index (κ3) is 3.84. The molecule has 1 aromatic carbocycles. The molecule has 2 heterocycles. The molecule has 1 N–H and O–H groups in total. The molecule has 2 aliphatic rings. The van der Waals surface area contributed by atoms with E-state index in [1.807, 2.05) is 12.1 Å². The van der Waals surface area contributed by atoms with Gasteiger partial charge in [-0.25, -0.2) is 4.39 Å². The molecule has 0 aromatic heterocycles. The molecule has 0 saturated carbocycles. The molecule has 2 fully saturated rings. The summed E-state index contributed by atoms with van der Waals surface area (Å²) < 4.78 is 19.3. The number of amides is 1. The van der Waals surface area contributed by atoms with Crippen LogP contribution in [0.25, 0.3) is 0 Å². The zero-order valence-corrected chi connectivity index (χ0v) is 12.8. The lowest BCUT2D eigenvalue weighted by Gasteiger charge is -2.17. The zero-order chi connectivity index (χ0) is 15.4. The highest BCUT2D eigenvalue weighted by Crippen LogP contribution is 2.28. The van der Waals surface area contributed by atoms with Crippen molar-refractivity contribution >= 4 is 5.91 Å². The minimum absolute atomic E-state index is 0.0321. The minimum atomic E-state index is -0.141. The molecule has 0 aliphatic carbocycles. The lowest BCUT2D eigenvalue weighted by Crippen LogP contribution is -2.39. The first-order valence-corrected chi connectivity index (χ1v) is 8.07. The Balaban J connectivity index is 1.44. The van der Waals surface area contributed by atoms with Gasteiger partial charge >= 0.3 is 0 Å². The van der Waals surface area contributed by atoms with Gasteiger partial charge < -0.3 is 10.1 Å². The zero-order valence-electron chi connectivity index (χ0n) is 12.8. The Morgan fingerprint density at radius 1 is 1.36 bits per heavy atom. The summed E-state index contributed by atoms with van der Waals surface area (Å²) >= 11 is 0. The van der Waals surface area contributed by atoms with Crippen LogP contribution in [-0.2, 0) is 9.53 Å². The number of benzene rings is 1. The van der Waals surface area contributed by atoms with Crippen LogP contribution in [0, 0.1) is 5.82 Å². The van der Waals surface area contributed by atoms with E-state index in [1.165, 1.54) is 6.07 Å². The van der Waals surface area contributed by atoms with Crippen molar-refractivity contribution < 1.29 is 13.9 Å². The third-order valence-electron chi connectivity index (χ3n) is 4.54. The number of likely N-dealkylation sites (tertiary alicyclic amines) is 1. The van der Waals surface area contributed by atoms with Crippen molar-refractivity contribution in [2.24, 2.45) is 0 Å². The van der Waals surface area contributed by atoms with Gasteiger partial charge in [0, 0.05) is 25.6 Å². The maximum Gasteiger partial charge on any atom is 0.234 e. The molecule has 1 amide bonds. The van der Waals surface area contributed by atoms with E-state index in [0.29, 0.717) is 13.1 Å². The lowest BCUT2D eigenvalue weighted by molar-refractivity contribution is -0.122. The predicted octanol–water partition coefficient (Wildman–Crippen LogP) is 1.91. The van der Waals surface area contributed by atoms with Crippen molar-refractivity contribution in [3.05, 3.63) is 35.6 Å². The van der Waals surface area contributed by atoms with Gasteiger partial charge in [-0.2, -0.15) is 0 Å². The van der Waals surface area contributed by atoms with E-state index in [4.69, 9.17) is 4.74 Å². The summed E-state index contributed by atoms with van der Waals surface area (Å²) in [4.78, 5) is 14.1. The summed E-state index contributed by atoms with van der Waals surface area (Å²) in [6.45, 7) is 3.37. The van der Waals surface area contributed by atoms with E-state index >= 15 is 0 Å². The molecule has 2 saturated heterocycles. The Kier molecular flexibility index (Phi) is 5.05. The molecule has 0 bridgehead atoms. The molecular formula is C17H23FN2O2. The van der Waals surface area contributed by atoms with Crippen LogP contribution in [0.15, 0.2) is 24.3 Å². The van der Waals surface area contributed by atoms with Gasteiger partial charge in [0.05, 0.1) is 12.6 Å². The molecule has 22 heavy (non-hydrogen) atoms. The fourth-order valence-electron chi connectivity index (χ4n) is 3.33. The summed E-state index contributed by atoms with van der Waals surface area (Å²) in [6, 6.07) is 6.94. The Hall–Kier alpha value is -1.46. The highest BCUT2D eigenvalue weighted by Gasteiger charge is 2.27. The van der Waals surface area contributed by atoms with Gasteiger partial charge in [0.1, 0.15) is 5.82 Å². The standard InChI is InChI=1S/C17H23FN2O2/c18-16-6-2-1-5-15(16)13-7-8-20(11-13)12-17(21)19-10-14-4-3-9-22-14/h1-2,5-6,13-14H,3-4,7-12H2,(H,19,21)/t13-,14-/m1/s1. The lowest BCUT2D eigenvalue weighted by atomic mass is 9.98. The minimum Gasteiger partial charge on any atom is -0.376 e. The van der Waals surface area contributed by atoms with Gasteiger partial charge in [0.15, 0.2) is 0 Å². The molecule has 0 unspecified atom stereocenters. The fourth-order valence-corrected chi connectivity index (χ4v) is 3.33. The fraction of sp³-hybridized carbons (Fsp3) is 0.588. The van der Waals surface area contributed by atoms with Crippen LogP contribution in [0.2, 0.25) is 0 Å². The second-order valence-corrected chi connectivity index (χ2v) is 6.18. The van der Waals surface area contributed by atoms with Crippen molar-refractivity contribution in [1.82, 2.24) is 10.2 Å². The van der Waals surface area contributed by atoms with Crippen LogP contribution in [-0.4, -0.2) is 49.7 Å². The second-order valence-electron chi connectivity index (χ2n) is 6.18. The summed E-state index contributed by atoms with van der Waals surface area (Å²) in [5.74, 6) is 0.0778. The van der Waals surface area contributed by atoms with E-state index in [1.54, 1.807) is 6.07 Å². The van der Waals surface area contributed by atoms with Crippen molar-refractivity contribution in [3.8, 4) is 0 Å². The van der Waals surface area contributed by atoms with Gasteiger partial charge in [-0.15, -0.1) is 0 Å². The molecule has 120 valence electrons. The molecule has 4 nitrogen and oxygen atoms in total. The molecule has 0 radical (unpaired) electrons. The molecule has 3 rings (SSSR count). The smallest absolute Gasteiger partial charge is 0.234 e. The quantitative estimate of drug-likeness (QED) is 0.903. The molecule has 2 aliphatic heterocycles. The van der Waals surface area contributed by atoms with Gasteiger partial charge in [-0.1, -0.05) is 18.2 Å². The maximum absolute atomic E-state index is 13.8. The first-order valence-electron chi connectivity index (χ1n) is 8.07. The number of nitrogens with zero attached hydrogens (tertiary/aromatic N) is 1. The van der Waals surface area contributed by atoms with Crippen molar-refractivity contribution in [2.75, 3.05) is 32.8 Å². The van der Waals surface area contributed by atoms with Crippen LogP contribution >= 0.6 is 0 Å². The van der Waals surface area contributed by atoms with E-state index < -0.39 is 0 Å². The van der Waals surface area contributed by atoms with Crippen molar-refractivity contribution in [1.29, 1.82) is 0 Å². The van der Waals surface area contributed by atoms with E-state index in [0.717, 1.165) is 44.5 Å². The van der Waals surface area contributed by atoms with E-state index in [9.17, 15) is 9.18 Å². The highest BCUT2D eigenvalue weighted by atomic mass is 19.1. The van der Waals surface area contributed by atoms with E-state index in [-0.39, 0.29) is 23.7 Å². The predicted molar refractivity (Wildman–Crippen MR) is 82.2 cm³/mol. The number of halogens is 1. The monoisotopic (exact) mass is 306 g/mol. The number of nitrogens with one attached hydrogen (secondary N) is 1. The topological polar surface area (TPSA) is 41.6 Å². The van der Waals surface area contributed by atoms with Crippen molar-refractivity contribution in [2.45, 2.75) is 31.3 Å². The summed E-state index contributed by atoms with van der Waals surface area (Å²) in [5, 5.41) is 2.94. The first-order chi connectivity index (χ1) is 10.7. The Labute approximate surface area is 130 Å². The van der Waals surface area contributed by atoms with Gasteiger partial charge in [0.2, 0.25) is 5.91 Å².